The molecule has 2 N–H and O–H groups in total. The van der Waals surface area contributed by atoms with E-state index in [1.54, 1.807) is 38.3 Å². The summed E-state index contributed by atoms with van der Waals surface area (Å²) in [7, 11) is 0. The van der Waals surface area contributed by atoms with Gasteiger partial charge < -0.3 is 10.5 Å². The summed E-state index contributed by atoms with van der Waals surface area (Å²) in [6.45, 7) is 5.36. The van der Waals surface area contributed by atoms with Crippen molar-refractivity contribution in [2.45, 2.75) is 26.4 Å². The molecule has 0 unspecified atom stereocenters. The Labute approximate surface area is 121 Å². The molecule has 1 heterocycles. The van der Waals surface area contributed by atoms with E-state index >= 15 is 0 Å². The van der Waals surface area contributed by atoms with E-state index in [2.05, 4.69) is 0 Å². The van der Waals surface area contributed by atoms with E-state index in [1.165, 1.54) is 23.5 Å². The molecule has 0 aliphatic carbocycles. The first kappa shape index (κ1) is 14.5. The van der Waals surface area contributed by atoms with Crippen LogP contribution in [0.5, 0.6) is 0 Å². The smallest absolute Gasteiger partial charge is 0.342 e. The molecule has 0 saturated heterocycles. The zero-order valence-electron chi connectivity index (χ0n) is 11.6. The van der Waals surface area contributed by atoms with E-state index in [-0.39, 0.29) is 5.82 Å². The number of anilines is 1. The van der Waals surface area contributed by atoms with Crippen molar-refractivity contribution >= 4 is 22.3 Å². The number of benzene rings is 1. The molecule has 20 heavy (non-hydrogen) atoms. The quantitative estimate of drug-likeness (QED) is 0.848. The van der Waals surface area contributed by atoms with Crippen LogP contribution in [-0.2, 0) is 4.74 Å². The monoisotopic (exact) mass is 293 g/mol. The Kier molecular flexibility index (Phi) is 3.81. The molecule has 0 saturated carbocycles. The fourth-order valence-corrected chi connectivity index (χ4v) is 2.59. The maximum atomic E-state index is 13.3. The number of hydrogen-bond acceptors (Lipinski definition) is 4. The minimum absolute atomic E-state index is 0.301. The minimum Gasteiger partial charge on any atom is -0.456 e. The summed E-state index contributed by atoms with van der Waals surface area (Å²) in [6.07, 6.45) is 0. The summed E-state index contributed by atoms with van der Waals surface area (Å²) in [4.78, 5) is 12.2. The van der Waals surface area contributed by atoms with E-state index in [0.717, 1.165) is 0 Å². The standard InChI is InChI=1S/C15H16FNO2S/c1-15(2,3)19-14(18)12-11(8-20-13(12)17)9-5-4-6-10(16)7-9/h4-8H,17H2,1-3H3. The second kappa shape index (κ2) is 5.25. The van der Waals surface area contributed by atoms with Gasteiger partial charge in [-0.25, -0.2) is 9.18 Å². The van der Waals surface area contributed by atoms with Gasteiger partial charge in [0, 0.05) is 10.9 Å². The van der Waals surface area contributed by atoms with Crippen LogP contribution in [0.4, 0.5) is 9.39 Å². The van der Waals surface area contributed by atoms with Crippen LogP contribution in [0.2, 0.25) is 0 Å². The Morgan fingerprint density at radius 3 is 2.65 bits per heavy atom. The van der Waals surface area contributed by atoms with Gasteiger partial charge in [0.25, 0.3) is 0 Å². The van der Waals surface area contributed by atoms with Gasteiger partial charge in [-0.2, -0.15) is 0 Å². The summed E-state index contributed by atoms with van der Waals surface area (Å²) < 4.78 is 18.7. The average Bonchev–Trinajstić information content (AvgIpc) is 2.69. The van der Waals surface area contributed by atoms with Crippen LogP contribution in [0, 0.1) is 5.82 Å². The third kappa shape index (κ3) is 3.17. The van der Waals surface area contributed by atoms with Gasteiger partial charge in [0.1, 0.15) is 22.0 Å². The number of hydrogen-bond donors (Lipinski definition) is 1. The van der Waals surface area contributed by atoms with Gasteiger partial charge in [0.15, 0.2) is 0 Å². The van der Waals surface area contributed by atoms with Gasteiger partial charge in [0.05, 0.1) is 0 Å². The van der Waals surface area contributed by atoms with Gasteiger partial charge in [-0.3, -0.25) is 0 Å². The zero-order chi connectivity index (χ0) is 14.9. The molecular formula is C15H16FNO2S. The molecule has 106 valence electrons. The van der Waals surface area contributed by atoms with Crippen LogP contribution < -0.4 is 5.73 Å². The molecule has 0 amide bonds. The highest BCUT2D eigenvalue weighted by atomic mass is 32.1. The van der Waals surface area contributed by atoms with Crippen molar-refractivity contribution in [3.8, 4) is 11.1 Å². The van der Waals surface area contributed by atoms with Crippen molar-refractivity contribution in [3.63, 3.8) is 0 Å². The maximum absolute atomic E-state index is 13.3. The van der Waals surface area contributed by atoms with Crippen molar-refractivity contribution in [2.24, 2.45) is 0 Å². The second-order valence-electron chi connectivity index (χ2n) is 5.40. The number of nitrogen functional groups attached to an aromatic ring is 1. The lowest BCUT2D eigenvalue weighted by Crippen LogP contribution is -2.24. The Hall–Kier alpha value is -1.88. The Bertz CT molecular complexity index is 644. The Morgan fingerprint density at radius 2 is 2.05 bits per heavy atom. The molecule has 2 rings (SSSR count). The first-order valence-electron chi connectivity index (χ1n) is 6.14. The fourth-order valence-electron chi connectivity index (χ4n) is 1.78. The largest absolute Gasteiger partial charge is 0.456 e. The summed E-state index contributed by atoms with van der Waals surface area (Å²) in [5, 5.41) is 2.11. The lowest BCUT2D eigenvalue weighted by molar-refractivity contribution is 0.00722. The summed E-state index contributed by atoms with van der Waals surface area (Å²) in [5.74, 6) is -0.849. The van der Waals surface area contributed by atoms with E-state index in [0.29, 0.717) is 21.7 Å². The predicted molar refractivity (Wildman–Crippen MR) is 79.3 cm³/mol. The molecule has 0 bridgehead atoms. The molecule has 1 aromatic carbocycles. The third-order valence-corrected chi connectivity index (χ3v) is 3.37. The first-order chi connectivity index (χ1) is 9.28. The first-order valence-corrected chi connectivity index (χ1v) is 7.02. The van der Waals surface area contributed by atoms with Crippen molar-refractivity contribution in [2.75, 3.05) is 5.73 Å². The Morgan fingerprint density at radius 1 is 1.35 bits per heavy atom. The zero-order valence-corrected chi connectivity index (χ0v) is 12.4. The Balaban J connectivity index is 2.45. The topological polar surface area (TPSA) is 52.3 Å². The van der Waals surface area contributed by atoms with Crippen LogP contribution in [-0.4, -0.2) is 11.6 Å². The molecule has 0 aliphatic rings. The number of ether oxygens (including phenoxy) is 1. The molecule has 0 fully saturated rings. The average molecular weight is 293 g/mol. The van der Waals surface area contributed by atoms with Gasteiger partial charge in [-0.05, 0) is 38.5 Å². The van der Waals surface area contributed by atoms with Gasteiger partial charge >= 0.3 is 5.97 Å². The van der Waals surface area contributed by atoms with Crippen molar-refractivity contribution < 1.29 is 13.9 Å². The van der Waals surface area contributed by atoms with Crippen molar-refractivity contribution in [1.29, 1.82) is 0 Å². The van der Waals surface area contributed by atoms with Crippen molar-refractivity contribution in [1.82, 2.24) is 0 Å². The lowest BCUT2D eigenvalue weighted by atomic mass is 10.0. The van der Waals surface area contributed by atoms with Crippen LogP contribution in [0.15, 0.2) is 29.6 Å². The van der Waals surface area contributed by atoms with Crippen LogP contribution >= 0.6 is 11.3 Å². The summed E-state index contributed by atoms with van der Waals surface area (Å²) in [5.41, 5.74) is 6.76. The molecule has 5 heteroatoms. The summed E-state index contributed by atoms with van der Waals surface area (Å²) in [6, 6.07) is 6.05. The maximum Gasteiger partial charge on any atom is 0.342 e. The molecule has 3 nitrogen and oxygen atoms in total. The number of carbonyl (C=O) groups excluding carboxylic acids is 1. The third-order valence-electron chi connectivity index (χ3n) is 2.56. The van der Waals surface area contributed by atoms with Crippen LogP contribution in [0.1, 0.15) is 31.1 Å². The van der Waals surface area contributed by atoms with Crippen molar-refractivity contribution in [3.05, 3.63) is 41.0 Å². The number of esters is 1. The van der Waals surface area contributed by atoms with E-state index in [9.17, 15) is 9.18 Å². The number of nitrogens with two attached hydrogens (primary N) is 1. The van der Waals surface area contributed by atoms with Gasteiger partial charge in [-0.15, -0.1) is 11.3 Å². The van der Waals surface area contributed by atoms with Gasteiger partial charge in [0.2, 0.25) is 0 Å². The minimum atomic E-state index is -0.606. The molecule has 0 spiro atoms. The predicted octanol–water partition coefficient (Wildman–Crippen LogP) is 4.09. The number of carbonyl (C=O) groups is 1. The SMILES string of the molecule is CC(C)(C)OC(=O)c1c(-c2cccc(F)c2)csc1N. The van der Waals surface area contributed by atoms with E-state index in [4.69, 9.17) is 10.5 Å². The highest BCUT2D eigenvalue weighted by molar-refractivity contribution is 7.14. The lowest BCUT2D eigenvalue weighted by Gasteiger charge is -2.20. The number of thiophene rings is 1. The highest BCUT2D eigenvalue weighted by Gasteiger charge is 2.24. The number of rotatable bonds is 2. The molecule has 0 atom stereocenters. The molecular weight excluding hydrogens is 277 g/mol. The molecule has 1 aromatic heterocycles. The van der Waals surface area contributed by atoms with Crippen LogP contribution in [0.3, 0.4) is 0 Å². The van der Waals surface area contributed by atoms with Crippen LogP contribution in [0.25, 0.3) is 11.1 Å². The highest BCUT2D eigenvalue weighted by Crippen LogP contribution is 2.35. The number of halogens is 1. The van der Waals surface area contributed by atoms with Gasteiger partial charge in [-0.1, -0.05) is 12.1 Å². The molecule has 0 radical (unpaired) electrons. The molecule has 2 aromatic rings. The molecule has 0 aliphatic heterocycles. The summed E-state index contributed by atoms with van der Waals surface area (Å²) >= 11 is 1.24. The van der Waals surface area contributed by atoms with E-state index < -0.39 is 11.6 Å². The fraction of sp³-hybridized carbons (Fsp3) is 0.267. The normalized spacial score (nSPS) is 11.4. The van der Waals surface area contributed by atoms with E-state index in [1.807, 2.05) is 0 Å². The second-order valence-corrected chi connectivity index (χ2v) is 6.31.